The lowest BCUT2D eigenvalue weighted by atomic mass is 9.97. The van der Waals surface area contributed by atoms with Crippen molar-refractivity contribution in [3.8, 4) is 17.0 Å². The molecule has 1 heterocycles. The van der Waals surface area contributed by atoms with Crippen LogP contribution in [0.4, 0.5) is 6.01 Å². The summed E-state index contributed by atoms with van der Waals surface area (Å²) >= 11 is 0. The largest absolute Gasteiger partial charge is 0.496 e. The van der Waals surface area contributed by atoms with Gasteiger partial charge in [-0.05, 0) is 37.5 Å². The molecule has 1 aromatic carbocycles. The first kappa shape index (κ1) is 11.5. The van der Waals surface area contributed by atoms with E-state index >= 15 is 0 Å². The number of nitrogens with zero attached hydrogens (tertiary/aromatic N) is 1. The van der Waals surface area contributed by atoms with Crippen LogP contribution in [0.15, 0.2) is 16.7 Å². The van der Waals surface area contributed by atoms with Crippen LogP contribution in [0, 0.1) is 20.8 Å². The molecule has 0 fully saturated rings. The number of nitrogen functional groups attached to an aromatic ring is 1. The summed E-state index contributed by atoms with van der Waals surface area (Å²) in [6, 6.07) is 2.28. The average Bonchev–Trinajstić information content (AvgIpc) is 2.69. The maximum atomic E-state index is 5.51. The molecule has 0 spiro atoms. The van der Waals surface area contributed by atoms with Crippen molar-refractivity contribution in [3.05, 3.63) is 29.0 Å². The van der Waals surface area contributed by atoms with Gasteiger partial charge in [-0.2, -0.15) is 4.98 Å². The van der Waals surface area contributed by atoms with Gasteiger partial charge in [0.15, 0.2) is 0 Å². The van der Waals surface area contributed by atoms with Gasteiger partial charge in [0.25, 0.3) is 6.01 Å². The van der Waals surface area contributed by atoms with Gasteiger partial charge in [-0.15, -0.1) is 0 Å². The molecule has 0 aliphatic heterocycles. The first-order valence-corrected chi connectivity index (χ1v) is 5.40. The number of methoxy groups -OCH3 is 1. The standard InChI is InChI=1S/C13H16N2O2/c1-7-5-8(2)11(12(16-4)9(7)3)10-6-17-13(14)15-10/h5-6H,1-4H3,(H2,14,15). The van der Waals surface area contributed by atoms with Gasteiger partial charge in [-0.3, -0.25) is 0 Å². The fourth-order valence-electron chi connectivity index (χ4n) is 2.03. The van der Waals surface area contributed by atoms with E-state index in [2.05, 4.69) is 18.0 Å². The summed E-state index contributed by atoms with van der Waals surface area (Å²) in [5, 5.41) is 0. The molecular weight excluding hydrogens is 216 g/mol. The van der Waals surface area contributed by atoms with Crippen molar-refractivity contribution in [1.29, 1.82) is 0 Å². The van der Waals surface area contributed by atoms with E-state index in [-0.39, 0.29) is 6.01 Å². The zero-order chi connectivity index (χ0) is 12.6. The van der Waals surface area contributed by atoms with Gasteiger partial charge in [0, 0.05) is 5.56 Å². The zero-order valence-corrected chi connectivity index (χ0v) is 10.5. The lowest BCUT2D eigenvalue weighted by molar-refractivity contribution is 0.412. The number of ether oxygens (including phenoxy) is 1. The fourth-order valence-corrected chi connectivity index (χ4v) is 2.03. The number of benzene rings is 1. The summed E-state index contributed by atoms with van der Waals surface area (Å²) in [5.74, 6) is 0.829. The number of rotatable bonds is 2. The lowest BCUT2D eigenvalue weighted by Crippen LogP contribution is -1.97. The maximum Gasteiger partial charge on any atom is 0.292 e. The van der Waals surface area contributed by atoms with E-state index in [9.17, 15) is 0 Å². The minimum absolute atomic E-state index is 0.166. The molecule has 2 N–H and O–H groups in total. The number of aromatic nitrogens is 1. The minimum Gasteiger partial charge on any atom is -0.496 e. The zero-order valence-electron chi connectivity index (χ0n) is 10.5. The lowest BCUT2D eigenvalue weighted by Gasteiger charge is -2.14. The van der Waals surface area contributed by atoms with Crippen LogP contribution in [0.2, 0.25) is 0 Å². The quantitative estimate of drug-likeness (QED) is 0.864. The van der Waals surface area contributed by atoms with Crippen LogP contribution >= 0.6 is 0 Å². The Hall–Kier alpha value is -1.97. The van der Waals surface area contributed by atoms with Crippen LogP contribution in [-0.2, 0) is 0 Å². The molecule has 0 aliphatic rings. The van der Waals surface area contributed by atoms with Crippen molar-refractivity contribution >= 4 is 6.01 Å². The highest BCUT2D eigenvalue weighted by atomic mass is 16.5. The number of nitrogens with two attached hydrogens (primary N) is 1. The van der Waals surface area contributed by atoms with E-state index < -0.39 is 0 Å². The molecule has 2 aromatic rings. The Morgan fingerprint density at radius 2 is 1.94 bits per heavy atom. The van der Waals surface area contributed by atoms with Crippen LogP contribution in [0.25, 0.3) is 11.3 Å². The second-order valence-electron chi connectivity index (χ2n) is 4.11. The number of aryl methyl sites for hydroxylation is 2. The van der Waals surface area contributed by atoms with Crippen molar-refractivity contribution in [3.63, 3.8) is 0 Å². The smallest absolute Gasteiger partial charge is 0.292 e. The Bertz CT molecular complexity index is 559. The Morgan fingerprint density at radius 1 is 1.24 bits per heavy atom. The Labute approximate surface area is 100 Å². The Kier molecular flexibility index (Phi) is 2.79. The summed E-state index contributed by atoms with van der Waals surface area (Å²) in [4.78, 5) is 4.15. The van der Waals surface area contributed by atoms with Crippen molar-refractivity contribution in [2.75, 3.05) is 12.8 Å². The number of oxazole rings is 1. The molecule has 0 amide bonds. The van der Waals surface area contributed by atoms with Gasteiger partial charge in [-0.25, -0.2) is 0 Å². The molecule has 0 radical (unpaired) electrons. The van der Waals surface area contributed by atoms with Gasteiger partial charge in [-0.1, -0.05) is 6.07 Å². The molecule has 0 bridgehead atoms. The second kappa shape index (κ2) is 4.13. The highest BCUT2D eigenvalue weighted by molar-refractivity contribution is 5.73. The van der Waals surface area contributed by atoms with Crippen molar-refractivity contribution in [1.82, 2.24) is 4.98 Å². The monoisotopic (exact) mass is 232 g/mol. The molecule has 2 rings (SSSR count). The topological polar surface area (TPSA) is 61.3 Å². The fraction of sp³-hybridized carbons (Fsp3) is 0.308. The molecular formula is C13H16N2O2. The second-order valence-corrected chi connectivity index (χ2v) is 4.11. The molecule has 0 saturated heterocycles. The first-order valence-electron chi connectivity index (χ1n) is 5.40. The molecule has 4 heteroatoms. The highest BCUT2D eigenvalue weighted by Gasteiger charge is 2.16. The molecule has 4 nitrogen and oxygen atoms in total. The minimum atomic E-state index is 0.166. The predicted molar refractivity (Wildman–Crippen MR) is 67.1 cm³/mol. The summed E-state index contributed by atoms with van der Waals surface area (Å²) in [6.45, 7) is 6.11. The summed E-state index contributed by atoms with van der Waals surface area (Å²) < 4.78 is 10.5. The summed E-state index contributed by atoms with van der Waals surface area (Å²) in [5.41, 5.74) is 10.6. The highest BCUT2D eigenvalue weighted by Crippen LogP contribution is 2.37. The number of anilines is 1. The van der Waals surface area contributed by atoms with E-state index in [1.807, 2.05) is 13.8 Å². The van der Waals surface area contributed by atoms with E-state index in [1.54, 1.807) is 13.4 Å². The normalized spacial score (nSPS) is 10.6. The SMILES string of the molecule is COc1c(C)c(C)cc(C)c1-c1coc(N)n1. The molecule has 0 unspecified atom stereocenters. The first-order chi connectivity index (χ1) is 8.04. The maximum absolute atomic E-state index is 5.51. The van der Waals surface area contributed by atoms with Crippen molar-refractivity contribution in [2.45, 2.75) is 20.8 Å². The average molecular weight is 232 g/mol. The molecule has 1 aromatic heterocycles. The van der Waals surface area contributed by atoms with Gasteiger partial charge in [0.05, 0.1) is 7.11 Å². The van der Waals surface area contributed by atoms with Gasteiger partial charge in [0.1, 0.15) is 17.7 Å². The van der Waals surface area contributed by atoms with Crippen LogP contribution in [0.3, 0.4) is 0 Å². The van der Waals surface area contributed by atoms with Crippen LogP contribution in [-0.4, -0.2) is 12.1 Å². The molecule has 17 heavy (non-hydrogen) atoms. The number of hydrogen-bond donors (Lipinski definition) is 1. The van der Waals surface area contributed by atoms with Gasteiger partial charge in [0.2, 0.25) is 0 Å². The third kappa shape index (κ3) is 1.86. The molecule has 0 saturated carbocycles. The third-order valence-corrected chi connectivity index (χ3v) is 2.97. The summed E-state index contributed by atoms with van der Waals surface area (Å²) in [6.07, 6.45) is 1.55. The van der Waals surface area contributed by atoms with E-state index in [0.29, 0.717) is 5.69 Å². The molecule has 0 atom stereocenters. The van der Waals surface area contributed by atoms with Crippen molar-refractivity contribution in [2.24, 2.45) is 0 Å². The predicted octanol–water partition coefficient (Wildman–Crippen LogP) is 2.86. The van der Waals surface area contributed by atoms with Crippen LogP contribution in [0.1, 0.15) is 16.7 Å². The van der Waals surface area contributed by atoms with E-state index in [1.165, 1.54) is 5.56 Å². The van der Waals surface area contributed by atoms with Crippen molar-refractivity contribution < 1.29 is 9.15 Å². The van der Waals surface area contributed by atoms with Crippen LogP contribution in [0.5, 0.6) is 5.75 Å². The number of hydrogen-bond acceptors (Lipinski definition) is 4. The molecule has 90 valence electrons. The van der Waals surface area contributed by atoms with Gasteiger partial charge < -0.3 is 14.9 Å². The van der Waals surface area contributed by atoms with Gasteiger partial charge >= 0.3 is 0 Å². The third-order valence-electron chi connectivity index (χ3n) is 2.97. The van der Waals surface area contributed by atoms with E-state index in [4.69, 9.17) is 14.9 Å². The Balaban J connectivity index is 2.72. The summed E-state index contributed by atoms with van der Waals surface area (Å²) in [7, 11) is 1.66. The van der Waals surface area contributed by atoms with Crippen LogP contribution < -0.4 is 10.5 Å². The van der Waals surface area contributed by atoms with E-state index in [0.717, 1.165) is 22.4 Å². The Morgan fingerprint density at radius 3 is 2.47 bits per heavy atom. The molecule has 0 aliphatic carbocycles.